The Balaban J connectivity index is 1.98. The summed E-state index contributed by atoms with van der Waals surface area (Å²) in [6, 6.07) is 12.8. The summed E-state index contributed by atoms with van der Waals surface area (Å²) in [6.45, 7) is 4.79. The molecule has 2 aromatic rings. The summed E-state index contributed by atoms with van der Waals surface area (Å²) in [6.07, 6.45) is 0. The second kappa shape index (κ2) is 6.14. The fourth-order valence-electron chi connectivity index (χ4n) is 2.09. The van der Waals surface area contributed by atoms with E-state index in [0.717, 1.165) is 13.1 Å². The first-order valence-corrected chi connectivity index (χ1v) is 7.01. The SMILES string of the molecule is Cc1sc(CN)cc1CN(C)Cc1ccccc1. The highest BCUT2D eigenvalue weighted by atomic mass is 32.1. The highest BCUT2D eigenvalue weighted by Gasteiger charge is 2.07. The van der Waals surface area contributed by atoms with Crippen molar-refractivity contribution in [1.82, 2.24) is 4.90 Å². The van der Waals surface area contributed by atoms with Crippen molar-refractivity contribution in [3.8, 4) is 0 Å². The molecule has 2 N–H and O–H groups in total. The zero-order valence-corrected chi connectivity index (χ0v) is 11.8. The molecule has 1 aromatic heterocycles. The first kappa shape index (κ1) is 13.3. The lowest BCUT2D eigenvalue weighted by Gasteiger charge is -2.16. The first-order chi connectivity index (χ1) is 8.69. The molecule has 0 atom stereocenters. The Kier molecular flexibility index (Phi) is 4.53. The highest BCUT2D eigenvalue weighted by molar-refractivity contribution is 7.12. The smallest absolute Gasteiger partial charge is 0.0274 e. The van der Waals surface area contributed by atoms with Gasteiger partial charge in [0, 0.05) is 29.4 Å². The summed E-state index contributed by atoms with van der Waals surface area (Å²) in [7, 11) is 2.16. The van der Waals surface area contributed by atoms with Crippen LogP contribution >= 0.6 is 11.3 Å². The molecule has 0 saturated carbocycles. The summed E-state index contributed by atoms with van der Waals surface area (Å²) in [4.78, 5) is 5.00. The second-order valence-corrected chi connectivity index (χ2v) is 6.00. The van der Waals surface area contributed by atoms with E-state index in [1.165, 1.54) is 20.9 Å². The summed E-state index contributed by atoms with van der Waals surface area (Å²) < 4.78 is 0. The van der Waals surface area contributed by atoms with Gasteiger partial charge >= 0.3 is 0 Å². The fraction of sp³-hybridized carbons (Fsp3) is 0.333. The van der Waals surface area contributed by atoms with E-state index < -0.39 is 0 Å². The maximum Gasteiger partial charge on any atom is 0.0274 e. The molecule has 0 aliphatic rings. The molecule has 0 bridgehead atoms. The quantitative estimate of drug-likeness (QED) is 0.895. The molecule has 2 rings (SSSR count). The maximum absolute atomic E-state index is 5.68. The highest BCUT2D eigenvalue weighted by Crippen LogP contribution is 2.22. The van der Waals surface area contributed by atoms with Crippen LogP contribution in [0.1, 0.15) is 20.9 Å². The molecule has 0 saturated heterocycles. The molecule has 0 amide bonds. The van der Waals surface area contributed by atoms with Gasteiger partial charge in [-0.3, -0.25) is 4.90 Å². The molecule has 3 heteroatoms. The van der Waals surface area contributed by atoms with E-state index in [9.17, 15) is 0 Å². The van der Waals surface area contributed by atoms with Gasteiger partial charge in [0.1, 0.15) is 0 Å². The largest absolute Gasteiger partial charge is 0.326 e. The van der Waals surface area contributed by atoms with Crippen LogP contribution in [0.15, 0.2) is 36.4 Å². The minimum atomic E-state index is 0.647. The lowest BCUT2D eigenvalue weighted by Crippen LogP contribution is -2.17. The number of rotatable bonds is 5. The first-order valence-electron chi connectivity index (χ1n) is 6.19. The van der Waals surface area contributed by atoms with Gasteiger partial charge in [0.2, 0.25) is 0 Å². The third-order valence-corrected chi connectivity index (χ3v) is 4.12. The number of hydrogen-bond acceptors (Lipinski definition) is 3. The molecule has 18 heavy (non-hydrogen) atoms. The molecule has 0 aliphatic carbocycles. The van der Waals surface area contributed by atoms with Crippen molar-refractivity contribution in [3.05, 3.63) is 57.3 Å². The van der Waals surface area contributed by atoms with E-state index in [1.807, 2.05) is 11.3 Å². The van der Waals surface area contributed by atoms with Gasteiger partial charge in [-0.05, 0) is 31.2 Å². The van der Waals surface area contributed by atoms with Gasteiger partial charge in [-0.1, -0.05) is 30.3 Å². The number of nitrogens with zero attached hydrogens (tertiary/aromatic N) is 1. The molecular formula is C15H20N2S. The lowest BCUT2D eigenvalue weighted by atomic mass is 10.2. The molecule has 0 radical (unpaired) electrons. The normalized spacial score (nSPS) is 11.1. The minimum Gasteiger partial charge on any atom is -0.326 e. The molecule has 0 unspecified atom stereocenters. The average molecular weight is 260 g/mol. The monoisotopic (exact) mass is 260 g/mol. The standard InChI is InChI=1S/C15H20N2S/c1-12-14(8-15(9-16)18-12)11-17(2)10-13-6-4-3-5-7-13/h3-8H,9-11,16H2,1-2H3. The zero-order chi connectivity index (χ0) is 13.0. The maximum atomic E-state index is 5.68. The molecule has 1 aromatic carbocycles. The molecule has 2 nitrogen and oxygen atoms in total. The minimum absolute atomic E-state index is 0.647. The average Bonchev–Trinajstić information content (AvgIpc) is 2.71. The molecule has 0 spiro atoms. The number of thiophene rings is 1. The van der Waals surface area contributed by atoms with Crippen molar-refractivity contribution < 1.29 is 0 Å². The molecule has 0 fully saturated rings. The van der Waals surface area contributed by atoms with Crippen molar-refractivity contribution in [3.63, 3.8) is 0 Å². The number of nitrogens with two attached hydrogens (primary N) is 1. The van der Waals surface area contributed by atoms with Crippen LogP contribution in [0.2, 0.25) is 0 Å². The van der Waals surface area contributed by atoms with Gasteiger partial charge in [0.05, 0.1) is 0 Å². The van der Waals surface area contributed by atoms with Crippen LogP contribution in [-0.4, -0.2) is 11.9 Å². The van der Waals surface area contributed by atoms with Crippen LogP contribution in [-0.2, 0) is 19.6 Å². The van der Waals surface area contributed by atoms with E-state index in [0.29, 0.717) is 6.54 Å². The summed E-state index contributed by atoms with van der Waals surface area (Å²) in [5.41, 5.74) is 8.44. The van der Waals surface area contributed by atoms with Crippen molar-refractivity contribution in [2.45, 2.75) is 26.6 Å². The Labute approximate surface area is 113 Å². The van der Waals surface area contributed by atoms with E-state index in [2.05, 4.69) is 55.3 Å². The topological polar surface area (TPSA) is 29.3 Å². The van der Waals surface area contributed by atoms with Crippen LogP contribution in [0, 0.1) is 6.92 Å². The van der Waals surface area contributed by atoms with Crippen molar-refractivity contribution in [1.29, 1.82) is 0 Å². The van der Waals surface area contributed by atoms with Crippen molar-refractivity contribution in [2.75, 3.05) is 7.05 Å². The van der Waals surface area contributed by atoms with Crippen molar-refractivity contribution in [2.24, 2.45) is 5.73 Å². The lowest BCUT2D eigenvalue weighted by molar-refractivity contribution is 0.319. The van der Waals surface area contributed by atoms with E-state index >= 15 is 0 Å². The Bertz CT molecular complexity index is 490. The van der Waals surface area contributed by atoms with E-state index in [-0.39, 0.29) is 0 Å². The van der Waals surface area contributed by atoms with Crippen LogP contribution in [0.3, 0.4) is 0 Å². The summed E-state index contributed by atoms with van der Waals surface area (Å²) >= 11 is 1.81. The molecular weight excluding hydrogens is 240 g/mol. The molecule has 96 valence electrons. The predicted octanol–water partition coefficient (Wildman–Crippen LogP) is 3.15. The second-order valence-electron chi connectivity index (χ2n) is 4.66. The molecule has 1 heterocycles. The number of aryl methyl sites for hydroxylation is 1. The van der Waals surface area contributed by atoms with Gasteiger partial charge in [0.15, 0.2) is 0 Å². The van der Waals surface area contributed by atoms with Crippen LogP contribution in [0.4, 0.5) is 0 Å². The predicted molar refractivity (Wildman–Crippen MR) is 78.6 cm³/mol. The van der Waals surface area contributed by atoms with Gasteiger partial charge < -0.3 is 5.73 Å². The Morgan fingerprint density at radius 2 is 1.89 bits per heavy atom. The van der Waals surface area contributed by atoms with Gasteiger partial charge in [-0.2, -0.15) is 0 Å². The Hall–Kier alpha value is -1.16. The van der Waals surface area contributed by atoms with Crippen LogP contribution in [0.25, 0.3) is 0 Å². The fourth-order valence-corrected chi connectivity index (χ4v) is 3.02. The third-order valence-electron chi connectivity index (χ3n) is 3.01. The summed E-state index contributed by atoms with van der Waals surface area (Å²) in [5, 5.41) is 0. The van der Waals surface area contributed by atoms with Crippen LogP contribution < -0.4 is 5.73 Å². The van der Waals surface area contributed by atoms with E-state index in [4.69, 9.17) is 5.73 Å². The summed E-state index contributed by atoms with van der Waals surface area (Å²) in [5.74, 6) is 0. The Morgan fingerprint density at radius 1 is 1.17 bits per heavy atom. The van der Waals surface area contributed by atoms with Gasteiger partial charge in [-0.15, -0.1) is 11.3 Å². The van der Waals surface area contributed by atoms with E-state index in [1.54, 1.807) is 0 Å². The van der Waals surface area contributed by atoms with Gasteiger partial charge in [-0.25, -0.2) is 0 Å². The molecule has 0 aliphatic heterocycles. The number of benzene rings is 1. The Morgan fingerprint density at radius 3 is 2.50 bits per heavy atom. The number of hydrogen-bond donors (Lipinski definition) is 1. The van der Waals surface area contributed by atoms with Crippen LogP contribution in [0.5, 0.6) is 0 Å². The zero-order valence-electron chi connectivity index (χ0n) is 11.0. The van der Waals surface area contributed by atoms with Crippen molar-refractivity contribution >= 4 is 11.3 Å². The third kappa shape index (κ3) is 3.42. The van der Waals surface area contributed by atoms with Gasteiger partial charge in [0.25, 0.3) is 0 Å².